The lowest BCUT2D eigenvalue weighted by atomic mass is 10.1. The number of hydrogen-bond acceptors (Lipinski definition) is 3. The molecule has 0 aliphatic heterocycles. The molecule has 102 valence electrons. The SMILES string of the molecule is CCOc1ncccc1NCc1cccc2[nH]ccc12. The van der Waals surface area contributed by atoms with Crippen molar-refractivity contribution < 1.29 is 4.74 Å². The first kappa shape index (κ1) is 12.5. The largest absolute Gasteiger partial charge is 0.476 e. The van der Waals surface area contributed by atoms with Crippen molar-refractivity contribution in [3.63, 3.8) is 0 Å². The first-order valence-corrected chi connectivity index (χ1v) is 6.75. The number of benzene rings is 1. The van der Waals surface area contributed by atoms with Crippen LogP contribution < -0.4 is 10.1 Å². The number of nitrogens with one attached hydrogen (secondary N) is 2. The Labute approximate surface area is 117 Å². The number of H-pyrrole nitrogens is 1. The van der Waals surface area contributed by atoms with E-state index in [4.69, 9.17) is 4.74 Å². The van der Waals surface area contributed by atoms with Crippen molar-refractivity contribution >= 4 is 16.6 Å². The molecular weight excluding hydrogens is 250 g/mol. The van der Waals surface area contributed by atoms with E-state index < -0.39 is 0 Å². The molecule has 2 N–H and O–H groups in total. The molecule has 2 heterocycles. The molecule has 4 heteroatoms. The first-order chi connectivity index (χ1) is 9.88. The number of fused-ring (bicyclic) bond motifs is 1. The van der Waals surface area contributed by atoms with Crippen molar-refractivity contribution in [1.29, 1.82) is 0 Å². The van der Waals surface area contributed by atoms with E-state index in [1.807, 2.05) is 25.3 Å². The summed E-state index contributed by atoms with van der Waals surface area (Å²) in [6.07, 6.45) is 3.70. The van der Waals surface area contributed by atoms with E-state index in [2.05, 4.69) is 39.6 Å². The molecule has 0 atom stereocenters. The molecule has 0 saturated carbocycles. The van der Waals surface area contributed by atoms with Gasteiger partial charge in [-0.25, -0.2) is 4.98 Å². The zero-order chi connectivity index (χ0) is 13.8. The molecule has 0 aliphatic carbocycles. The molecule has 0 unspecified atom stereocenters. The minimum absolute atomic E-state index is 0.610. The molecule has 1 aromatic carbocycles. The lowest BCUT2D eigenvalue weighted by Gasteiger charge is -2.11. The molecule has 0 radical (unpaired) electrons. The summed E-state index contributed by atoms with van der Waals surface area (Å²) in [7, 11) is 0. The summed E-state index contributed by atoms with van der Waals surface area (Å²) in [5.41, 5.74) is 3.32. The van der Waals surface area contributed by atoms with Crippen LogP contribution in [0.5, 0.6) is 5.88 Å². The van der Waals surface area contributed by atoms with E-state index in [-0.39, 0.29) is 0 Å². The fourth-order valence-corrected chi connectivity index (χ4v) is 2.27. The molecule has 0 amide bonds. The van der Waals surface area contributed by atoms with Crippen molar-refractivity contribution in [2.45, 2.75) is 13.5 Å². The fourth-order valence-electron chi connectivity index (χ4n) is 2.27. The maximum atomic E-state index is 5.52. The number of rotatable bonds is 5. The number of nitrogens with zero attached hydrogens (tertiary/aromatic N) is 1. The van der Waals surface area contributed by atoms with Gasteiger partial charge in [-0.05, 0) is 36.8 Å². The molecule has 0 aliphatic rings. The van der Waals surface area contributed by atoms with Crippen LogP contribution in [0.3, 0.4) is 0 Å². The minimum Gasteiger partial charge on any atom is -0.476 e. The fraction of sp³-hybridized carbons (Fsp3) is 0.188. The van der Waals surface area contributed by atoms with Gasteiger partial charge >= 0.3 is 0 Å². The van der Waals surface area contributed by atoms with Crippen LogP contribution in [0.4, 0.5) is 5.69 Å². The van der Waals surface area contributed by atoms with Gasteiger partial charge in [-0.2, -0.15) is 0 Å². The first-order valence-electron chi connectivity index (χ1n) is 6.75. The van der Waals surface area contributed by atoms with Gasteiger partial charge in [-0.15, -0.1) is 0 Å². The molecule has 3 aromatic rings. The van der Waals surface area contributed by atoms with Crippen molar-refractivity contribution in [3.05, 3.63) is 54.4 Å². The van der Waals surface area contributed by atoms with Crippen molar-refractivity contribution in [1.82, 2.24) is 9.97 Å². The van der Waals surface area contributed by atoms with Gasteiger partial charge in [-0.1, -0.05) is 12.1 Å². The van der Waals surface area contributed by atoms with Gasteiger partial charge in [0.1, 0.15) is 0 Å². The minimum atomic E-state index is 0.610. The monoisotopic (exact) mass is 267 g/mol. The van der Waals surface area contributed by atoms with Crippen LogP contribution >= 0.6 is 0 Å². The summed E-state index contributed by atoms with van der Waals surface area (Å²) in [4.78, 5) is 7.47. The number of aromatic amines is 1. The van der Waals surface area contributed by atoms with Gasteiger partial charge in [0.25, 0.3) is 0 Å². The van der Waals surface area contributed by atoms with Gasteiger partial charge in [0, 0.05) is 29.8 Å². The third-order valence-corrected chi connectivity index (χ3v) is 3.21. The number of aromatic nitrogens is 2. The van der Waals surface area contributed by atoms with Crippen LogP contribution in [0.2, 0.25) is 0 Å². The number of ether oxygens (including phenoxy) is 1. The molecular formula is C16H17N3O. The Morgan fingerprint density at radius 2 is 2.15 bits per heavy atom. The molecule has 0 spiro atoms. The molecule has 0 fully saturated rings. The predicted molar refractivity (Wildman–Crippen MR) is 81.0 cm³/mol. The van der Waals surface area contributed by atoms with Gasteiger partial charge in [0.2, 0.25) is 5.88 Å². The third-order valence-electron chi connectivity index (χ3n) is 3.21. The second-order valence-corrected chi connectivity index (χ2v) is 4.50. The van der Waals surface area contributed by atoms with Crippen LogP contribution in [0.15, 0.2) is 48.8 Å². The Kier molecular flexibility index (Phi) is 3.54. The summed E-state index contributed by atoms with van der Waals surface area (Å²) in [6.45, 7) is 3.30. The normalized spacial score (nSPS) is 10.7. The highest BCUT2D eigenvalue weighted by Crippen LogP contribution is 2.23. The zero-order valence-corrected chi connectivity index (χ0v) is 11.4. The Balaban J connectivity index is 1.81. The second kappa shape index (κ2) is 5.65. The highest BCUT2D eigenvalue weighted by Gasteiger charge is 2.05. The van der Waals surface area contributed by atoms with Crippen LogP contribution in [0.25, 0.3) is 10.9 Å². The maximum Gasteiger partial charge on any atom is 0.237 e. The maximum absolute atomic E-state index is 5.52. The average molecular weight is 267 g/mol. The Hall–Kier alpha value is -2.49. The van der Waals surface area contributed by atoms with E-state index in [1.54, 1.807) is 6.20 Å². The van der Waals surface area contributed by atoms with Gasteiger partial charge < -0.3 is 15.0 Å². The lowest BCUT2D eigenvalue weighted by Crippen LogP contribution is -2.04. The van der Waals surface area contributed by atoms with E-state index >= 15 is 0 Å². The van der Waals surface area contributed by atoms with Crippen molar-refractivity contribution in [2.75, 3.05) is 11.9 Å². The zero-order valence-electron chi connectivity index (χ0n) is 11.4. The Morgan fingerprint density at radius 3 is 3.05 bits per heavy atom. The highest BCUT2D eigenvalue weighted by molar-refractivity contribution is 5.83. The van der Waals surface area contributed by atoms with Crippen LogP contribution in [-0.4, -0.2) is 16.6 Å². The summed E-state index contributed by atoms with van der Waals surface area (Å²) >= 11 is 0. The molecule has 4 nitrogen and oxygen atoms in total. The van der Waals surface area contributed by atoms with E-state index in [1.165, 1.54) is 10.9 Å². The Morgan fingerprint density at radius 1 is 1.20 bits per heavy atom. The molecule has 20 heavy (non-hydrogen) atoms. The van der Waals surface area contributed by atoms with E-state index in [0.717, 1.165) is 17.7 Å². The van der Waals surface area contributed by atoms with E-state index in [0.29, 0.717) is 12.5 Å². The van der Waals surface area contributed by atoms with Crippen molar-refractivity contribution in [3.8, 4) is 5.88 Å². The highest BCUT2D eigenvalue weighted by atomic mass is 16.5. The Bertz CT molecular complexity index is 706. The summed E-state index contributed by atoms with van der Waals surface area (Å²) in [6, 6.07) is 12.2. The smallest absolute Gasteiger partial charge is 0.237 e. The number of hydrogen-bond donors (Lipinski definition) is 2. The molecule has 0 saturated heterocycles. The van der Waals surface area contributed by atoms with Crippen LogP contribution in [0.1, 0.15) is 12.5 Å². The van der Waals surface area contributed by atoms with Crippen molar-refractivity contribution in [2.24, 2.45) is 0 Å². The lowest BCUT2D eigenvalue weighted by molar-refractivity contribution is 0.328. The molecule has 2 aromatic heterocycles. The second-order valence-electron chi connectivity index (χ2n) is 4.50. The topological polar surface area (TPSA) is 49.9 Å². The summed E-state index contributed by atoms with van der Waals surface area (Å²) in [5.74, 6) is 0.649. The molecule has 0 bridgehead atoms. The average Bonchev–Trinajstić information content (AvgIpc) is 2.96. The number of anilines is 1. The standard InChI is InChI=1S/C16H17N3O/c1-2-20-16-15(7-4-9-18-16)19-11-12-5-3-6-14-13(12)8-10-17-14/h3-10,17,19H,2,11H2,1H3. The van der Waals surface area contributed by atoms with Crippen LogP contribution in [-0.2, 0) is 6.54 Å². The predicted octanol–water partition coefficient (Wildman–Crippen LogP) is 3.57. The summed E-state index contributed by atoms with van der Waals surface area (Å²) in [5, 5.41) is 4.63. The van der Waals surface area contributed by atoms with Gasteiger partial charge in [0.15, 0.2) is 0 Å². The van der Waals surface area contributed by atoms with Gasteiger partial charge in [-0.3, -0.25) is 0 Å². The van der Waals surface area contributed by atoms with Crippen LogP contribution in [0, 0.1) is 0 Å². The quantitative estimate of drug-likeness (QED) is 0.743. The van der Waals surface area contributed by atoms with Gasteiger partial charge in [0.05, 0.1) is 12.3 Å². The third kappa shape index (κ3) is 2.45. The summed E-state index contributed by atoms with van der Waals surface area (Å²) < 4.78 is 5.52. The number of pyridine rings is 1. The molecule has 3 rings (SSSR count). The van der Waals surface area contributed by atoms with E-state index in [9.17, 15) is 0 Å².